The van der Waals surface area contributed by atoms with Crippen molar-refractivity contribution in [3.8, 4) is 11.4 Å². The molecule has 1 saturated carbocycles. The summed E-state index contributed by atoms with van der Waals surface area (Å²) >= 11 is 0. The molecule has 1 fully saturated rings. The Morgan fingerprint density at radius 2 is 2.26 bits per heavy atom. The summed E-state index contributed by atoms with van der Waals surface area (Å²) in [5.74, 6) is 1.02. The molecular weight excluding hydrogens is 236 g/mol. The number of rotatable bonds is 6. The molecule has 1 N–H and O–H groups in total. The molecule has 0 spiro atoms. The Kier molecular flexibility index (Phi) is 3.60. The third-order valence-corrected chi connectivity index (χ3v) is 3.41. The third kappa shape index (κ3) is 3.01. The molecule has 0 saturated heterocycles. The van der Waals surface area contributed by atoms with E-state index in [1.165, 1.54) is 18.4 Å². The van der Waals surface area contributed by atoms with Crippen LogP contribution in [0.25, 0.3) is 11.4 Å². The molecule has 2 aromatic heterocycles. The minimum atomic E-state index is 0.728. The van der Waals surface area contributed by atoms with Crippen molar-refractivity contribution in [2.24, 2.45) is 0 Å². The SMILES string of the molecule is CCCn1ccnc1-c1cncc(CNC2CC2)c1. The average molecular weight is 256 g/mol. The van der Waals surface area contributed by atoms with Gasteiger partial charge < -0.3 is 9.88 Å². The zero-order valence-electron chi connectivity index (χ0n) is 11.3. The Balaban J connectivity index is 1.78. The molecular formula is C15H20N4. The van der Waals surface area contributed by atoms with Gasteiger partial charge in [-0.05, 0) is 30.9 Å². The van der Waals surface area contributed by atoms with Crippen molar-refractivity contribution in [1.29, 1.82) is 0 Å². The zero-order valence-corrected chi connectivity index (χ0v) is 11.3. The summed E-state index contributed by atoms with van der Waals surface area (Å²) in [7, 11) is 0. The van der Waals surface area contributed by atoms with Crippen LogP contribution in [-0.2, 0) is 13.1 Å². The molecule has 2 aromatic rings. The predicted octanol–water partition coefficient (Wildman–Crippen LogP) is 2.61. The van der Waals surface area contributed by atoms with Crippen molar-refractivity contribution in [3.63, 3.8) is 0 Å². The minimum absolute atomic E-state index is 0.728. The molecule has 100 valence electrons. The van der Waals surface area contributed by atoms with Crippen molar-refractivity contribution >= 4 is 0 Å². The van der Waals surface area contributed by atoms with E-state index in [1.54, 1.807) is 0 Å². The quantitative estimate of drug-likeness (QED) is 0.864. The molecule has 4 heteroatoms. The fourth-order valence-corrected chi connectivity index (χ4v) is 2.25. The number of hydrogen-bond donors (Lipinski definition) is 1. The summed E-state index contributed by atoms with van der Waals surface area (Å²) in [6, 6.07) is 2.92. The van der Waals surface area contributed by atoms with Crippen molar-refractivity contribution in [3.05, 3.63) is 36.4 Å². The maximum absolute atomic E-state index is 4.46. The van der Waals surface area contributed by atoms with E-state index in [0.29, 0.717) is 0 Å². The van der Waals surface area contributed by atoms with Crippen molar-refractivity contribution in [2.45, 2.75) is 45.3 Å². The maximum Gasteiger partial charge on any atom is 0.141 e. The van der Waals surface area contributed by atoms with Gasteiger partial charge in [0.15, 0.2) is 0 Å². The molecule has 0 unspecified atom stereocenters. The van der Waals surface area contributed by atoms with Gasteiger partial charge in [-0.25, -0.2) is 4.98 Å². The summed E-state index contributed by atoms with van der Waals surface area (Å²) in [4.78, 5) is 8.80. The number of aromatic nitrogens is 3. The second kappa shape index (κ2) is 5.53. The Labute approximate surface area is 113 Å². The highest BCUT2D eigenvalue weighted by Gasteiger charge is 2.20. The normalized spacial score (nSPS) is 14.8. The predicted molar refractivity (Wildman–Crippen MR) is 75.6 cm³/mol. The van der Waals surface area contributed by atoms with Crippen LogP contribution >= 0.6 is 0 Å². The Morgan fingerprint density at radius 1 is 1.37 bits per heavy atom. The van der Waals surface area contributed by atoms with Gasteiger partial charge in [-0.2, -0.15) is 0 Å². The number of pyridine rings is 1. The van der Waals surface area contributed by atoms with Crippen molar-refractivity contribution < 1.29 is 0 Å². The minimum Gasteiger partial charge on any atom is -0.331 e. The second-order valence-electron chi connectivity index (χ2n) is 5.18. The molecule has 0 atom stereocenters. The smallest absolute Gasteiger partial charge is 0.141 e. The molecule has 0 amide bonds. The molecule has 2 heterocycles. The molecule has 4 nitrogen and oxygen atoms in total. The van der Waals surface area contributed by atoms with Crippen LogP contribution in [0.3, 0.4) is 0 Å². The molecule has 1 aliphatic rings. The van der Waals surface area contributed by atoms with Gasteiger partial charge in [-0.15, -0.1) is 0 Å². The van der Waals surface area contributed by atoms with Gasteiger partial charge in [0, 0.05) is 49.5 Å². The summed E-state index contributed by atoms with van der Waals surface area (Å²) in [6.07, 6.45) is 11.5. The standard InChI is InChI=1S/C15H20N4/c1-2-6-19-7-5-17-15(19)13-8-12(9-16-11-13)10-18-14-3-4-14/h5,7-9,11,14,18H,2-4,6,10H2,1H3. The number of hydrogen-bond acceptors (Lipinski definition) is 3. The van der Waals surface area contributed by atoms with E-state index in [1.807, 2.05) is 24.8 Å². The lowest BCUT2D eigenvalue weighted by atomic mass is 10.2. The van der Waals surface area contributed by atoms with Gasteiger partial charge in [-0.3, -0.25) is 4.98 Å². The Morgan fingerprint density at radius 3 is 3.05 bits per heavy atom. The highest BCUT2D eigenvalue weighted by atomic mass is 15.1. The van der Waals surface area contributed by atoms with Crippen LogP contribution in [-0.4, -0.2) is 20.6 Å². The number of nitrogens with one attached hydrogen (secondary N) is 1. The van der Waals surface area contributed by atoms with Crippen LogP contribution in [0.1, 0.15) is 31.7 Å². The van der Waals surface area contributed by atoms with E-state index in [0.717, 1.165) is 36.9 Å². The maximum atomic E-state index is 4.46. The molecule has 0 aliphatic heterocycles. The fourth-order valence-electron chi connectivity index (χ4n) is 2.25. The topological polar surface area (TPSA) is 42.7 Å². The number of nitrogens with zero attached hydrogens (tertiary/aromatic N) is 3. The van der Waals surface area contributed by atoms with Gasteiger partial charge in [0.25, 0.3) is 0 Å². The van der Waals surface area contributed by atoms with Gasteiger partial charge >= 0.3 is 0 Å². The van der Waals surface area contributed by atoms with E-state index in [-0.39, 0.29) is 0 Å². The van der Waals surface area contributed by atoms with Gasteiger partial charge in [0.1, 0.15) is 5.82 Å². The van der Waals surface area contributed by atoms with Crippen LogP contribution in [0.5, 0.6) is 0 Å². The fraction of sp³-hybridized carbons (Fsp3) is 0.467. The van der Waals surface area contributed by atoms with E-state index in [9.17, 15) is 0 Å². The first-order valence-electron chi connectivity index (χ1n) is 7.05. The highest BCUT2D eigenvalue weighted by molar-refractivity contribution is 5.55. The van der Waals surface area contributed by atoms with Crippen LogP contribution in [0.4, 0.5) is 0 Å². The summed E-state index contributed by atoms with van der Waals surface area (Å²) < 4.78 is 2.19. The summed E-state index contributed by atoms with van der Waals surface area (Å²) in [6.45, 7) is 4.08. The largest absolute Gasteiger partial charge is 0.331 e. The zero-order chi connectivity index (χ0) is 13.1. The van der Waals surface area contributed by atoms with Gasteiger partial charge in [0.05, 0.1) is 0 Å². The van der Waals surface area contributed by atoms with Crippen LogP contribution in [0.2, 0.25) is 0 Å². The van der Waals surface area contributed by atoms with Gasteiger partial charge in [-0.1, -0.05) is 6.92 Å². The van der Waals surface area contributed by atoms with E-state index in [2.05, 4.69) is 32.8 Å². The lowest BCUT2D eigenvalue weighted by molar-refractivity contribution is 0.681. The number of imidazole rings is 1. The first kappa shape index (κ1) is 12.4. The van der Waals surface area contributed by atoms with E-state index < -0.39 is 0 Å². The molecule has 1 aliphatic carbocycles. The van der Waals surface area contributed by atoms with E-state index >= 15 is 0 Å². The molecule has 0 aromatic carbocycles. The Bertz CT molecular complexity index is 543. The second-order valence-corrected chi connectivity index (χ2v) is 5.18. The average Bonchev–Trinajstić information content (AvgIpc) is 3.15. The van der Waals surface area contributed by atoms with Crippen molar-refractivity contribution in [1.82, 2.24) is 19.9 Å². The van der Waals surface area contributed by atoms with Crippen LogP contribution < -0.4 is 5.32 Å². The molecule has 0 bridgehead atoms. The highest BCUT2D eigenvalue weighted by Crippen LogP contribution is 2.21. The van der Waals surface area contributed by atoms with Crippen LogP contribution in [0, 0.1) is 0 Å². The number of aryl methyl sites for hydroxylation is 1. The molecule has 3 rings (SSSR count). The lowest BCUT2D eigenvalue weighted by Crippen LogP contribution is -2.15. The first-order valence-corrected chi connectivity index (χ1v) is 7.05. The van der Waals surface area contributed by atoms with Crippen LogP contribution in [0.15, 0.2) is 30.9 Å². The van der Waals surface area contributed by atoms with Gasteiger partial charge in [0.2, 0.25) is 0 Å². The lowest BCUT2D eigenvalue weighted by Gasteiger charge is -2.08. The third-order valence-electron chi connectivity index (χ3n) is 3.41. The Hall–Kier alpha value is -1.68. The van der Waals surface area contributed by atoms with E-state index in [4.69, 9.17) is 0 Å². The molecule has 0 radical (unpaired) electrons. The molecule has 19 heavy (non-hydrogen) atoms. The summed E-state index contributed by atoms with van der Waals surface area (Å²) in [5.41, 5.74) is 2.34. The summed E-state index contributed by atoms with van der Waals surface area (Å²) in [5, 5.41) is 3.52. The monoisotopic (exact) mass is 256 g/mol. The first-order chi connectivity index (χ1) is 9.36. The van der Waals surface area contributed by atoms with Crippen molar-refractivity contribution in [2.75, 3.05) is 0 Å².